The van der Waals surface area contributed by atoms with Gasteiger partial charge in [-0.3, -0.25) is 9.59 Å². The Morgan fingerprint density at radius 3 is 2.03 bits per heavy atom. The Bertz CT molecular complexity index is 737. The van der Waals surface area contributed by atoms with E-state index in [2.05, 4.69) is 39.8 Å². The normalized spacial score (nSPS) is 46.6. The van der Waals surface area contributed by atoms with Crippen LogP contribution in [-0.4, -0.2) is 49.2 Å². The third-order valence-corrected chi connectivity index (χ3v) is 10.8. The molecule has 32 heavy (non-hydrogen) atoms. The monoisotopic (exact) mass is 447 g/mol. The maximum atomic E-state index is 12.0. The maximum Gasteiger partial charge on any atom is 0.303 e. The van der Waals surface area contributed by atoms with E-state index in [1.807, 2.05) is 0 Å². The van der Waals surface area contributed by atoms with Gasteiger partial charge in [0.1, 0.15) is 12.2 Å². The lowest BCUT2D eigenvalue weighted by atomic mass is 9.44. The van der Waals surface area contributed by atoms with Crippen LogP contribution >= 0.6 is 0 Å². The van der Waals surface area contributed by atoms with Crippen LogP contribution in [0.25, 0.3) is 0 Å². The Morgan fingerprint density at radius 1 is 0.812 bits per heavy atom. The highest BCUT2D eigenvalue weighted by molar-refractivity contribution is 5.67. The predicted octanol–water partition coefficient (Wildman–Crippen LogP) is 5.07. The third-order valence-electron chi connectivity index (χ3n) is 10.8. The highest BCUT2D eigenvalue weighted by Gasteiger charge is 2.63. The zero-order valence-electron chi connectivity index (χ0n) is 21.4. The van der Waals surface area contributed by atoms with E-state index in [0.29, 0.717) is 17.4 Å². The summed E-state index contributed by atoms with van der Waals surface area (Å²) < 4.78 is 11.5. The third kappa shape index (κ3) is 3.80. The van der Waals surface area contributed by atoms with Gasteiger partial charge in [0.15, 0.2) is 0 Å². The van der Waals surface area contributed by atoms with Gasteiger partial charge in [-0.15, -0.1) is 0 Å². The number of esters is 2. The second-order valence-electron chi connectivity index (χ2n) is 12.3. The fraction of sp³-hybridized carbons (Fsp3) is 0.926. The van der Waals surface area contributed by atoms with Gasteiger partial charge in [-0.25, -0.2) is 0 Å². The molecule has 0 aromatic heterocycles. The van der Waals surface area contributed by atoms with Gasteiger partial charge in [0.25, 0.3) is 0 Å². The highest BCUT2D eigenvalue weighted by atomic mass is 16.6. The first-order chi connectivity index (χ1) is 15.0. The molecule has 0 aromatic carbocycles. The van der Waals surface area contributed by atoms with Crippen molar-refractivity contribution >= 4 is 11.9 Å². The summed E-state index contributed by atoms with van der Waals surface area (Å²) in [6, 6.07) is 0.626. The van der Waals surface area contributed by atoms with Crippen LogP contribution in [0.3, 0.4) is 0 Å². The number of rotatable bonds is 4. The molecule has 4 aliphatic carbocycles. The smallest absolute Gasteiger partial charge is 0.303 e. The van der Waals surface area contributed by atoms with Crippen molar-refractivity contribution in [2.45, 2.75) is 104 Å². The summed E-state index contributed by atoms with van der Waals surface area (Å²) in [5.74, 6) is 2.80. The Labute approximate surface area is 195 Å². The number of carbonyl (C=O) groups excluding carboxylic acids is 2. The van der Waals surface area contributed by atoms with E-state index in [-0.39, 0.29) is 35.5 Å². The van der Waals surface area contributed by atoms with E-state index in [0.717, 1.165) is 37.0 Å². The number of nitrogens with zero attached hydrogens (tertiary/aromatic N) is 1. The standard InChI is InChI=1S/C27H45NO4/c1-16(28(6)7)20-10-11-21-19-8-9-23-25(32-18(3)30)24(31-17(2)29)13-15-27(23,5)22(19)12-14-26(20,21)4/h16,19-25H,8-15H2,1-7H3/t16-,19-,20+,21-,22-,23-,24-,25-,26+,27+/m0/s1. The van der Waals surface area contributed by atoms with Crippen LogP contribution in [0.4, 0.5) is 0 Å². The molecule has 0 aromatic rings. The molecule has 0 unspecified atom stereocenters. The maximum absolute atomic E-state index is 12.0. The molecule has 10 atom stereocenters. The average molecular weight is 448 g/mol. The fourth-order valence-electron chi connectivity index (χ4n) is 9.15. The van der Waals surface area contributed by atoms with Crippen LogP contribution in [0, 0.1) is 40.4 Å². The van der Waals surface area contributed by atoms with E-state index in [1.54, 1.807) is 0 Å². The average Bonchev–Trinajstić information content (AvgIpc) is 3.05. The molecule has 4 saturated carbocycles. The van der Waals surface area contributed by atoms with Gasteiger partial charge in [0.2, 0.25) is 0 Å². The van der Waals surface area contributed by atoms with Crippen LogP contribution in [0.5, 0.6) is 0 Å². The van der Waals surface area contributed by atoms with Crippen molar-refractivity contribution in [2.24, 2.45) is 40.4 Å². The summed E-state index contributed by atoms with van der Waals surface area (Å²) in [5.41, 5.74) is 0.602. The first kappa shape index (κ1) is 24.0. The molecule has 4 fully saturated rings. The Kier molecular flexibility index (Phi) is 6.46. The topological polar surface area (TPSA) is 55.8 Å². The lowest BCUT2D eigenvalue weighted by Gasteiger charge is -2.62. The highest BCUT2D eigenvalue weighted by Crippen LogP contribution is 2.68. The second-order valence-corrected chi connectivity index (χ2v) is 12.3. The molecular formula is C27H45NO4. The number of hydrogen-bond donors (Lipinski definition) is 0. The molecule has 0 amide bonds. The SMILES string of the molecule is CC(=O)O[C@@H]1[C@@H](OC(C)=O)CC[C@]2(C)[C@H]3CC[C@]4(C)[C@@H]([C@H](C)N(C)C)CC[C@H]4[C@@H]3CC[C@@H]12. The van der Waals surface area contributed by atoms with Crippen LogP contribution in [0.2, 0.25) is 0 Å². The zero-order valence-corrected chi connectivity index (χ0v) is 21.4. The fourth-order valence-corrected chi connectivity index (χ4v) is 9.15. The molecule has 0 radical (unpaired) electrons. The molecular weight excluding hydrogens is 402 g/mol. The summed E-state index contributed by atoms with van der Waals surface area (Å²) in [6.45, 7) is 10.4. The molecule has 0 N–H and O–H groups in total. The lowest BCUT2D eigenvalue weighted by molar-refractivity contribution is -0.205. The molecule has 0 aliphatic heterocycles. The van der Waals surface area contributed by atoms with E-state index >= 15 is 0 Å². The summed E-state index contributed by atoms with van der Waals surface area (Å²) in [6.07, 6.45) is 8.89. The van der Waals surface area contributed by atoms with Crippen molar-refractivity contribution in [1.82, 2.24) is 4.90 Å². The molecule has 4 rings (SSSR count). The first-order valence-corrected chi connectivity index (χ1v) is 13.0. The predicted molar refractivity (Wildman–Crippen MR) is 125 cm³/mol. The summed E-state index contributed by atoms with van der Waals surface area (Å²) in [5, 5.41) is 0. The van der Waals surface area contributed by atoms with Crippen LogP contribution in [0.15, 0.2) is 0 Å². The van der Waals surface area contributed by atoms with Crippen molar-refractivity contribution in [2.75, 3.05) is 14.1 Å². The van der Waals surface area contributed by atoms with Gasteiger partial charge in [-0.1, -0.05) is 13.8 Å². The molecule has 0 spiro atoms. The van der Waals surface area contributed by atoms with Gasteiger partial charge >= 0.3 is 11.9 Å². The van der Waals surface area contributed by atoms with E-state index < -0.39 is 0 Å². The van der Waals surface area contributed by atoms with Crippen LogP contribution in [-0.2, 0) is 19.1 Å². The summed E-state index contributed by atoms with van der Waals surface area (Å²) in [7, 11) is 4.46. The van der Waals surface area contributed by atoms with E-state index in [1.165, 1.54) is 46.0 Å². The van der Waals surface area contributed by atoms with Crippen LogP contribution in [0.1, 0.15) is 86.0 Å². The van der Waals surface area contributed by atoms with Gasteiger partial charge in [0.05, 0.1) is 0 Å². The Balaban J connectivity index is 1.59. The summed E-state index contributed by atoms with van der Waals surface area (Å²) in [4.78, 5) is 26.1. The van der Waals surface area contributed by atoms with Crippen molar-refractivity contribution in [3.05, 3.63) is 0 Å². The lowest BCUT2D eigenvalue weighted by Crippen LogP contribution is -2.60. The van der Waals surface area contributed by atoms with Gasteiger partial charge in [-0.2, -0.15) is 0 Å². The molecule has 0 saturated heterocycles. The second kappa shape index (κ2) is 8.60. The number of fused-ring (bicyclic) bond motifs is 5. The minimum Gasteiger partial charge on any atom is -0.459 e. The first-order valence-electron chi connectivity index (χ1n) is 13.0. The number of ether oxygens (including phenoxy) is 2. The molecule has 5 nitrogen and oxygen atoms in total. The minimum atomic E-state index is -0.297. The van der Waals surface area contributed by atoms with Gasteiger partial charge < -0.3 is 14.4 Å². The minimum absolute atomic E-state index is 0.159. The van der Waals surface area contributed by atoms with E-state index in [4.69, 9.17) is 9.47 Å². The number of hydrogen-bond acceptors (Lipinski definition) is 5. The molecule has 182 valence electrons. The van der Waals surface area contributed by atoms with Gasteiger partial charge in [0, 0.05) is 25.8 Å². The largest absolute Gasteiger partial charge is 0.459 e. The Morgan fingerprint density at radius 2 is 1.41 bits per heavy atom. The quantitative estimate of drug-likeness (QED) is 0.563. The Hall–Kier alpha value is -1.10. The molecule has 5 heteroatoms. The van der Waals surface area contributed by atoms with Crippen molar-refractivity contribution in [3.63, 3.8) is 0 Å². The van der Waals surface area contributed by atoms with Crippen molar-refractivity contribution in [3.8, 4) is 0 Å². The van der Waals surface area contributed by atoms with Crippen molar-refractivity contribution in [1.29, 1.82) is 0 Å². The van der Waals surface area contributed by atoms with Gasteiger partial charge in [-0.05, 0) is 107 Å². The van der Waals surface area contributed by atoms with Crippen LogP contribution < -0.4 is 0 Å². The van der Waals surface area contributed by atoms with E-state index in [9.17, 15) is 9.59 Å². The zero-order chi connectivity index (χ0) is 23.4. The summed E-state index contributed by atoms with van der Waals surface area (Å²) >= 11 is 0. The number of carbonyl (C=O) groups is 2. The molecule has 4 aliphatic rings. The van der Waals surface area contributed by atoms with Crippen molar-refractivity contribution < 1.29 is 19.1 Å². The molecule has 0 heterocycles. The molecule has 0 bridgehead atoms.